The zero-order chi connectivity index (χ0) is 22.9. The van der Waals surface area contributed by atoms with Crippen LogP contribution in [0.25, 0.3) is 0 Å². The van der Waals surface area contributed by atoms with E-state index in [9.17, 15) is 4.79 Å². The number of benzene rings is 2. The van der Waals surface area contributed by atoms with Crippen molar-refractivity contribution >= 4 is 5.78 Å². The highest BCUT2D eigenvalue weighted by Gasteiger charge is 2.09. The lowest BCUT2D eigenvalue weighted by atomic mass is 9.98. The molecule has 0 bridgehead atoms. The number of aryl methyl sites for hydroxylation is 2. The molecule has 0 unspecified atom stereocenters. The summed E-state index contributed by atoms with van der Waals surface area (Å²) < 4.78 is 0. The second-order valence-corrected chi connectivity index (χ2v) is 9.47. The van der Waals surface area contributed by atoms with Gasteiger partial charge in [-0.25, -0.2) is 0 Å². The predicted octanol–water partition coefficient (Wildman–Crippen LogP) is 9.50. The topological polar surface area (TPSA) is 17.1 Å². The lowest BCUT2D eigenvalue weighted by molar-refractivity contribution is 0.103. The van der Waals surface area contributed by atoms with Gasteiger partial charge < -0.3 is 0 Å². The monoisotopic (exact) mass is 434 g/mol. The maximum Gasteiger partial charge on any atom is 0.193 e. The summed E-state index contributed by atoms with van der Waals surface area (Å²) in [6.45, 7) is 4.53. The van der Waals surface area contributed by atoms with E-state index in [0.29, 0.717) is 0 Å². The van der Waals surface area contributed by atoms with Gasteiger partial charge in [0, 0.05) is 11.1 Å². The molecule has 0 amide bonds. The van der Waals surface area contributed by atoms with Crippen molar-refractivity contribution in [3.05, 3.63) is 70.8 Å². The number of carbonyl (C=O) groups excluding carboxylic acids is 1. The fourth-order valence-corrected chi connectivity index (χ4v) is 4.38. The summed E-state index contributed by atoms with van der Waals surface area (Å²) in [7, 11) is 0. The molecule has 2 aromatic rings. The SMILES string of the molecule is CCCCCCCCCc1ccc(C(=O)c2ccc(CCCCCCCCC)cc2)cc1. The average molecular weight is 435 g/mol. The lowest BCUT2D eigenvalue weighted by Crippen LogP contribution is -2.02. The Labute approximate surface area is 198 Å². The summed E-state index contributed by atoms with van der Waals surface area (Å²) in [5, 5.41) is 0. The highest BCUT2D eigenvalue weighted by atomic mass is 16.1. The quantitative estimate of drug-likeness (QED) is 0.169. The molecule has 2 rings (SSSR count). The van der Waals surface area contributed by atoms with Gasteiger partial charge in [-0.1, -0.05) is 139 Å². The van der Waals surface area contributed by atoms with Gasteiger partial charge in [0.1, 0.15) is 0 Å². The van der Waals surface area contributed by atoms with E-state index in [1.165, 1.54) is 101 Å². The summed E-state index contributed by atoms with van der Waals surface area (Å²) in [5.41, 5.74) is 4.29. The van der Waals surface area contributed by atoms with E-state index in [4.69, 9.17) is 0 Å². The maximum atomic E-state index is 12.8. The van der Waals surface area contributed by atoms with Crippen molar-refractivity contribution in [2.45, 2.75) is 117 Å². The van der Waals surface area contributed by atoms with Crippen molar-refractivity contribution in [3.8, 4) is 0 Å². The second kappa shape index (κ2) is 16.7. The molecule has 0 atom stereocenters. The number of unbranched alkanes of at least 4 members (excludes halogenated alkanes) is 12. The minimum absolute atomic E-state index is 0.134. The van der Waals surface area contributed by atoms with Crippen molar-refractivity contribution in [3.63, 3.8) is 0 Å². The Balaban J connectivity index is 1.69. The molecule has 0 fully saturated rings. The average Bonchev–Trinajstić information content (AvgIpc) is 2.83. The third-order valence-electron chi connectivity index (χ3n) is 6.57. The Morgan fingerprint density at radius 2 is 0.781 bits per heavy atom. The van der Waals surface area contributed by atoms with Gasteiger partial charge in [0.05, 0.1) is 0 Å². The summed E-state index contributed by atoms with van der Waals surface area (Å²) in [5.74, 6) is 0.134. The number of hydrogen-bond acceptors (Lipinski definition) is 1. The Kier molecular flexibility index (Phi) is 13.8. The van der Waals surface area contributed by atoms with Gasteiger partial charge in [-0.3, -0.25) is 4.79 Å². The van der Waals surface area contributed by atoms with Gasteiger partial charge in [-0.15, -0.1) is 0 Å². The minimum Gasteiger partial charge on any atom is -0.289 e. The van der Waals surface area contributed by atoms with Crippen LogP contribution in [-0.2, 0) is 12.8 Å². The van der Waals surface area contributed by atoms with Gasteiger partial charge in [0.25, 0.3) is 0 Å². The van der Waals surface area contributed by atoms with Crippen LogP contribution >= 0.6 is 0 Å². The number of carbonyl (C=O) groups is 1. The fraction of sp³-hybridized carbons (Fsp3) is 0.581. The van der Waals surface area contributed by atoms with Gasteiger partial charge in [-0.2, -0.15) is 0 Å². The molecular formula is C31H46O. The van der Waals surface area contributed by atoms with Crippen molar-refractivity contribution < 1.29 is 4.79 Å². The van der Waals surface area contributed by atoms with Gasteiger partial charge >= 0.3 is 0 Å². The summed E-state index contributed by atoms with van der Waals surface area (Å²) in [6, 6.07) is 16.6. The van der Waals surface area contributed by atoms with Crippen molar-refractivity contribution in [1.82, 2.24) is 0 Å². The zero-order valence-electron chi connectivity index (χ0n) is 20.8. The number of ketones is 1. The van der Waals surface area contributed by atoms with Crippen LogP contribution < -0.4 is 0 Å². The zero-order valence-corrected chi connectivity index (χ0v) is 20.8. The summed E-state index contributed by atoms with van der Waals surface area (Å²) in [4.78, 5) is 12.8. The van der Waals surface area contributed by atoms with Crippen molar-refractivity contribution in [2.75, 3.05) is 0 Å². The van der Waals surface area contributed by atoms with Gasteiger partial charge in [0.2, 0.25) is 0 Å². The van der Waals surface area contributed by atoms with Crippen LogP contribution in [0.4, 0.5) is 0 Å². The van der Waals surface area contributed by atoms with Crippen LogP contribution in [0.3, 0.4) is 0 Å². The molecule has 0 aliphatic heterocycles. The fourth-order valence-electron chi connectivity index (χ4n) is 4.38. The largest absolute Gasteiger partial charge is 0.289 e. The Morgan fingerprint density at radius 3 is 1.12 bits per heavy atom. The number of rotatable bonds is 18. The highest BCUT2D eigenvalue weighted by Crippen LogP contribution is 2.16. The molecule has 176 valence electrons. The van der Waals surface area contributed by atoms with Crippen LogP contribution in [0.15, 0.2) is 48.5 Å². The molecule has 2 aromatic carbocycles. The van der Waals surface area contributed by atoms with Crippen LogP contribution in [0, 0.1) is 0 Å². The molecule has 0 radical (unpaired) electrons. The molecule has 1 heteroatoms. The minimum atomic E-state index is 0.134. The van der Waals surface area contributed by atoms with Crippen LogP contribution in [0.5, 0.6) is 0 Å². The smallest absolute Gasteiger partial charge is 0.193 e. The van der Waals surface area contributed by atoms with Gasteiger partial charge in [-0.05, 0) is 36.8 Å². The van der Waals surface area contributed by atoms with Gasteiger partial charge in [0.15, 0.2) is 5.78 Å². The predicted molar refractivity (Wildman–Crippen MR) is 140 cm³/mol. The first-order valence-electron chi connectivity index (χ1n) is 13.5. The van der Waals surface area contributed by atoms with Crippen molar-refractivity contribution in [2.24, 2.45) is 0 Å². The Hall–Kier alpha value is -1.89. The Bertz CT molecular complexity index is 663. The first kappa shape index (κ1) is 26.4. The number of hydrogen-bond donors (Lipinski definition) is 0. The van der Waals surface area contributed by atoms with E-state index in [1.807, 2.05) is 24.3 Å². The normalized spacial score (nSPS) is 11.1. The second-order valence-electron chi connectivity index (χ2n) is 9.47. The van der Waals surface area contributed by atoms with E-state index >= 15 is 0 Å². The van der Waals surface area contributed by atoms with E-state index in [1.54, 1.807) is 0 Å². The molecule has 0 spiro atoms. The van der Waals surface area contributed by atoms with Crippen molar-refractivity contribution in [1.29, 1.82) is 0 Å². The third kappa shape index (κ3) is 10.6. The van der Waals surface area contributed by atoms with E-state index in [-0.39, 0.29) is 5.78 Å². The maximum absolute atomic E-state index is 12.8. The van der Waals surface area contributed by atoms with E-state index in [0.717, 1.165) is 24.0 Å². The molecule has 32 heavy (non-hydrogen) atoms. The molecule has 0 aromatic heterocycles. The Morgan fingerprint density at radius 1 is 0.469 bits per heavy atom. The van der Waals surface area contributed by atoms with E-state index < -0.39 is 0 Å². The molecule has 0 heterocycles. The summed E-state index contributed by atoms with van der Waals surface area (Å²) >= 11 is 0. The highest BCUT2D eigenvalue weighted by molar-refractivity contribution is 6.08. The molecule has 0 N–H and O–H groups in total. The van der Waals surface area contributed by atoms with Crippen LogP contribution in [-0.4, -0.2) is 5.78 Å². The molecule has 0 saturated heterocycles. The summed E-state index contributed by atoms with van der Waals surface area (Å²) in [6.07, 6.45) is 21.0. The third-order valence-corrected chi connectivity index (χ3v) is 6.57. The molecular weight excluding hydrogens is 388 g/mol. The lowest BCUT2D eigenvalue weighted by Gasteiger charge is -2.06. The molecule has 0 aliphatic rings. The standard InChI is InChI=1S/C31H46O/c1-3-5-7-9-11-13-15-17-27-19-23-29(24-20-27)31(32)30-25-21-28(22-26-30)18-16-14-12-10-8-6-4-2/h19-26H,3-18H2,1-2H3. The van der Waals surface area contributed by atoms with Crippen LogP contribution in [0.2, 0.25) is 0 Å². The van der Waals surface area contributed by atoms with E-state index in [2.05, 4.69) is 38.1 Å². The molecule has 1 nitrogen and oxygen atoms in total. The van der Waals surface area contributed by atoms with Crippen LogP contribution in [0.1, 0.15) is 131 Å². The first-order valence-corrected chi connectivity index (χ1v) is 13.5. The molecule has 0 aliphatic carbocycles. The first-order chi connectivity index (χ1) is 15.7. The molecule has 0 saturated carbocycles.